The fraction of sp³-hybridized carbons (Fsp3) is 0.154. The Hall–Kier alpha value is -2.12. The first kappa shape index (κ1) is 11.4. The second-order valence-electron chi connectivity index (χ2n) is 3.79. The first-order chi connectivity index (χ1) is 8.22. The number of aromatic nitrogens is 1. The van der Waals surface area contributed by atoms with Crippen LogP contribution in [0.5, 0.6) is 0 Å². The van der Waals surface area contributed by atoms with Gasteiger partial charge in [0.15, 0.2) is 0 Å². The van der Waals surface area contributed by atoms with Gasteiger partial charge in [-0.15, -0.1) is 0 Å². The summed E-state index contributed by atoms with van der Waals surface area (Å²) in [6.07, 6.45) is 1.89. The number of benzene rings is 1. The lowest BCUT2D eigenvalue weighted by Gasteiger charge is -2.08. The number of nitrogens with two attached hydrogens (primary N) is 1. The molecule has 17 heavy (non-hydrogen) atoms. The smallest absolute Gasteiger partial charge is 0.124 e. The van der Waals surface area contributed by atoms with Crippen LogP contribution in [0.25, 0.3) is 0 Å². The third-order valence-electron chi connectivity index (χ3n) is 2.57. The monoisotopic (exact) mass is 229 g/mol. The molecule has 2 rings (SSSR count). The minimum atomic E-state index is -0.388. The summed E-state index contributed by atoms with van der Waals surface area (Å²) in [4.78, 5) is 0. The molecule has 0 saturated heterocycles. The van der Waals surface area contributed by atoms with Crippen LogP contribution in [-0.4, -0.2) is 4.57 Å². The molecule has 0 atom stereocenters. The fourth-order valence-electron chi connectivity index (χ4n) is 1.79. The van der Waals surface area contributed by atoms with Crippen molar-refractivity contribution in [3.05, 3.63) is 59.2 Å². The van der Waals surface area contributed by atoms with Gasteiger partial charge in [0.25, 0.3) is 0 Å². The largest absolute Gasteiger partial charge is 0.346 e. The van der Waals surface area contributed by atoms with Crippen LogP contribution >= 0.6 is 0 Å². The molecule has 0 fully saturated rings. The first-order valence-corrected chi connectivity index (χ1v) is 5.26. The minimum absolute atomic E-state index is 0.335. The van der Waals surface area contributed by atoms with Gasteiger partial charge >= 0.3 is 0 Å². The highest BCUT2D eigenvalue weighted by Gasteiger charge is 2.03. The van der Waals surface area contributed by atoms with Crippen LogP contribution in [0.1, 0.15) is 16.8 Å². The second-order valence-corrected chi connectivity index (χ2v) is 3.79. The van der Waals surface area contributed by atoms with E-state index in [1.54, 1.807) is 6.07 Å². The SMILES string of the molecule is N#Cc1cc(F)cc(Cn2cccc2CN)c1. The highest BCUT2D eigenvalue weighted by atomic mass is 19.1. The van der Waals surface area contributed by atoms with Crippen molar-refractivity contribution < 1.29 is 4.39 Å². The fourth-order valence-corrected chi connectivity index (χ4v) is 1.79. The standard InChI is InChI=1S/C13H12FN3/c14-12-5-10(7-15)4-11(6-12)9-17-3-1-2-13(17)8-16/h1-6H,8-9,16H2. The topological polar surface area (TPSA) is 54.7 Å². The molecule has 2 aromatic rings. The molecule has 0 radical (unpaired) electrons. The van der Waals surface area contributed by atoms with Crippen LogP contribution in [0.4, 0.5) is 4.39 Å². The van der Waals surface area contributed by atoms with E-state index < -0.39 is 0 Å². The zero-order valence-electron chi connectivity index (χ0n) is 9.23. The molecule has 86 valence electrons. The second kappa shape index (κ2) is 4.81. The van der Waals surface area contributed by atoms with Crippen LogP contribution in [-0.2, 0) is 13.1 Å². The maximum atomic E-state index is 13.2. The third-order valence-corrected chi connectivity index (χ3v) is 2.57. The predicted octanol–water partition coefficient (Wildman–Crippen LogP) is 2.01. The van der Waals surface area contributed by atoms with Gasteiger partial charge in [-0.25, -0.2) is 4.39 Å². The Balaban J connectivity index is 2.30. The zero-order chi connectivity index (χ0) is 12.3. The number of hydrogen-bond donors (Lipinski definition) is 1. The van der Waals surface area contributed by atoms with Gasteiger partial charge in [-0.1, -0.05) is 0 Å². The molecule has 1 aromatic carbocycles. The lowest BCUT2D eigenvalue weighted by Crippen LogP contribution is -2.07. The Bertz CT molecular complexity index is 566. The van der Waals surface area contributed by atoms with Crippen molar-refractivity contribution in [2.24, 2.45) is 5.73 Å². The normalized spacial score (nSPS) is 10.2. The molecule has 1 aromatic heterocycles. The number of hydrogen-bond acceptors (Lipinski definition) is 2. The summed E-state index contributed by atoms with van der Waals surface area (Å²) >= 11 is 0. The van der Waals surface area contributed by atoms with Crippen molar-refractivity contribution in [2.45, 2.75) is 13.1 Å². The molecular weight excluding hydrogens is 217 g/mol. The Morgan fingerprint density at radius 2 is 2.18 bits per heavy atom. The highest BCUT2D eigenvalue weighted by Crippen LogP contribution is 2.12. The number of nitrogens with zero attached hydrogens (tertiary/aromatic N) is 2. The van der Waals surface area contributed by atoms with Crippen LogP contribution in [0.15, 0.2) is 36.5 Å². The minimum Gasteiger partial charge on any atom is -0.346 e. The van der Waals surface area contributed by atoms with Crippen LogP contribution in [0.3, 0.4) is 0 Å². The van der Waals surface area contributed by atoms with Crippen molar-refractivity contribution >= 4 is 0 Å². The zero-order valence-corrected chi connectivity index (χ0v) is 9.23. The molecule has 0 aliphatic carbocycles. The van der Waals surface area contributed by atoms with Crippen LogP contribution in [0.2, 0.25) is 0 Å². The molecule has 0 aliphatic heterocycles. The predicted molar refractivity (Wildman–Crippen MR) is 62.5 cm³/mol. The van der Waals surface area contributed by atoms with E-state index in [-0.39, 0.29) is 5.82 Å². The van der Waals surface area contributed by atoms with E-state index in [1.807, 2.05) is 29.0 Å². The van der Waals surface area contributed by atoms with E-state index in [0.29, 0.717) is 18.7 Å². The van der Waals surface area contributed by atoms with E-state index >= 15 is 0 Å². The van der Waals surface area contributed by atoms with E-state index in [1.165, 1.54) is 12.1 Å². The van der Waals surface area contributed by atoms with Gasteiger partial charge in [0, 0.05) is 25.0 Å². The molecule has 0 unspecified atom stereocenters. The van der Waals surface area contributed by atoms with E-state index in [2.05, 4.69) is 0 Å². The quantitative estimate of drug-likeness (QED) is 0.875. The summed E-state index contributed by atoms with van der Waals surface area (Å²) in [5.41, 5.74) is 7.66. The molecular formula is C13H12FN3. The van der Waals surface area contributed by atoms with Crippen LogP contribution < -0.4 is 5.73 Å². The van der Waals surface area contributed by atoms with Gasteiger partial charge in [0.1, 0.15) is 5.82 Å². The average molecular weight is 229 g/mol. The molecule has 0 saturated carbocycles. The average Bonchev–Trinajstić information content (AvgIpc) is 2.75. The Morgan fingerprint density at radius 1 is 1.35 bits per heavy atom. The molecule has 2 N–H and O–H groups in total. The first-order valence-electron chi connectivity index (χ1n) is 5.26. The van der Waals surface area contributed by atoms with Crippen molar-refractivity contribution in [1.29, 1.82) is 5.26 Å². The van der Waals surface area contributed by atoms with Gasteiger partial charge < -0.3 is 10.3 Å². The lowest BCUT2D eigenvalue weighted by atomic mass is 10.1. The molecule has 0 aliphatic rings. The van der Waals surface area contributed by atoms with Crippen molar-refractivity contribution in [1.82, 2.24) is 4.57 Å². The lowest BCUT2D eigenvalue weighted by molar-refractivity contribution is 0.622. The molecule has 3 nitrogen and oxygen atoms in total. The van der Waals surface area contributed by atoms with Crippen molar-refractivity contribution in [3.63, 3.8) is 0 Å². The Kier molecular flexibility index (Phi) is 3.22. The maximum absolute atomic E-state index is 13.2. The molecule has 0 bridgehead atoms. The number of nitriles is 1. The summed E-state index contributed by atoms with van der Waals surface area (Å²) in [5.74, 6) is -0.388. The van der Waals surface area contributed by atoms with E-state index in [9.17, 15) is 4.39 Å². The summed E-state index contributed by atoms with van der Waals surface area (Å²) < 4.78 is 15.2. The van der Waals surface area contributed by atoms with Gasteiger partial charge in [-0.2, -0.15) is 5.26 Å². The molecule has 0 spiro atoms. The molecule has 1 heterocycles. The maximum Gasteiger partial charge on any atom is 0.124 e. The number of rotatable bonds is 3. The van der Waals surface area contributed by atoms with Crippen molar-refractivity contribution in [2.75, 3.05) is 0 Å². The van der Waals surface area contributed by atoms with E-state index in [0.717, 1.165) is 11.3 Å². The summed E-state index contributed by atoms with van der Waals surface area (Å²) in [7, 11) is 0. The van der Waals surface area contributed by atoms with E-state index in [4.69, 9.17) is 11.0 Å². The van der Waals surface area contributed by atoms with Crippen molar-refractivity contribution in [3.8, 4) is 6.07 Å². The Morgan fingerprint density at radius 3 is 2.88 bits per heavy atom. The summed E-state index contributed by atoms with van der Waals surface area (Å²) in [6, 6.07) is 10.1. The summed E-state index contributed by atoms with van der Waals surface area (Å²) in [6.45, 7) is 0.958. The van der Waals surface area contributed by atoms with Gasteiger partial charge in [-0.3, -0.25) is 0 Å². The number of halogens is 1. The van der Waals surface area contributed by atoms with Gasteiger partial charge in [0.2, 0.25) is 0 Å². The Labute approximate surface area is 98.9 Å². The van der Waals surface area contributed by atoms with Crippen LogP contribution in [0, 0.1) is 17.1 Å². The third kappa shape index (κ3) is 2.52. The molecule has 0 amide bonds. The highest BCUT2D eigenvalue weighted by molar-refractivity contribution is 5.34. The van der Waals surface area contributed by atoms with Gasteiger partial charge in [-0.05, 0) is 35.9 Å². The molecule has 4 heteroatoms. The van der Waals surface area contributed by atoms with Gasteiger partial charge in [0.05, 0.1) is 11.6 Å². The summed E-state index contributed by atoms with van der Waals surface area (Å²) in [5, 5.41) is 8.77.